The molecule has 0 aromatic heterocycles. The fraction of sp³-hybridized carbons (Fsp3) is 0.161. The van der Waals surface area contributed by atoms with Crippen molar-refractivity contribution in [3.8, 4) is 0 Å². The minimum absolute atomic E-state index is 0.127. The first-order chi connectivity index (χ1) is 17.7. The first kappa shape index (κ1) is 23.5. The maximum Gasteiger partial charge on any atom is 0.251 e. The lowest BCUT2D eigenvalue weighted by Gasteiger charge is -2.26. The van der Waals surface area contributed by atoms with Gasteiger partial charge in [-0.1, -0.05) is 84.9 Å². The van der Waals surface area contributed by atoms with Gasteiger partial charge < -0.3 is 15.4 Å². The SMILES string of the molecule is O=C(NC[C@H]1OCCc2ccccc21)c1ccc(NC(=O)C(c2ccccc2)c2ccccc2)cc1. The smallest absolute Gasteiger partial charge is 0.251 e. The average Bonchev–Trinajstić information content (AvgIpc) is 2.93. The summed E-state index contributed by atoms with van der Waals surface area (Å²) in [4.78, 5) is 26.1. The summed E-state index contributed by atoms with van der Waals surface area (Å²) < 4.78 is 5.89. The molecule has 180 valence electrons. The summed E-state index contributed by atoms with van der Waals surface area (Å²) in [6, 6.07) is 34.6. The molecule has 0 radical (unpaired) electrons. The summed E-state index contributed by atoms with van der Waals surface area (Å²) in [5.74, 6) is -0.738. The number of hydrogen-bond donors (Lipinski definition) is 2. The van der Waals surface area contributed by atoms with Crippen molar-refractivity contribution in [3.05, 3.63) is 137 Å². The van der Waals surface area contributed by atoms with Crippen LogP contribution in [-0.2, 0) is 16.0 Å². The van der Waals surface area contributed by atoms with E-state index in [0.29, 0.717) is 24.4 Å². The van der Waals surface area contributed by atoms with Crippen LogP contribution in [0.4, 0.5) is 5.69 Å². The molecule has 2 amide bonds. The third kappa shape index (κ3) is 5.37. The van der Waals surface area contributed by atoms with Gasteiger partial charge in [-0.15, -0.1) is 0 Å². The van der Waals surface area contributed by atoms with Gasteiger partial charge in [-0.2, -0.15) is 0 Å². The van der Waals surface area contributed by atoms with Gasteiger partial charge in [0.15, 0.2) is 0 Å². The Hall–Kier alpha value is -4.22. The molecule has 1 heterocycles. The summed E-state index contributed by atoms with van der Waals surface area (Å²) in [7, 11) is 0. The van der Waals surface area contributed by atoms with E-state index in [4.69, 9.17) is 4.74 Å². The van der Waals surface area contributed by atoms with Crippen LogP contribution in [0.2, 0.25) is 0 Å². The monoisotopic (exact) mass is 476 g/mol. The Kier molecular flexibility index (Phi) is 7.20. The van der Waals surface area contributed by atoms with Crippen molar-refractivity contribution in [1.82, 2.24) is 5.32 Å². The number of fused-ring (bicyclic) bond motifs is 1. The van der Waals surface area contributed by atoms with Crippen molar-refractivity contribution in [2.75, 3.05) is 18.5 Å². The Morgan fingerprint density at radius 3 is 2.06 bits per heavy atom. The summed E-state index contributed by atoms with van der Waals surface area (Å²) in [5.41, 5.74) is 5.41. The van der Waals surface area contributed by atoms with E-state index in [0.717, 1.165) is 23.1 Å². The Morgan fingerprint density at radius 2 is 1.39 bits per heavy atom. The molecule has 5 rings (SSSR count). The topological polar surface area (TPSA) is 67.4 Å². The predicted molar refractivity (Wildman–Crippen MR) is 141 cm³/mol. The quantitative estimate of drug-likeness (QED) is 0.370. The van der Waals surface area contributed by atoms with E-state index < -0.39 is 5.92 Å². The van der Waals surface area contributed by atoms with E-state index in [2.05, 4.69) is 22.8 Å². The minimum Gasteiger partial charge on any atom is -0.371 e. The second-order valence-electron chi connectivity index (χ2n) is 8.84. The highest BCUT2D eigenvalue weighted by atomic mass is 16.5. The maximum absolute atomic E-state index is 13.3. The van der Waals surface area contributed by atoms with E-state index in [9.17, 15) is 9.59 Å². The zero-order valence-corrected chi connectivity index (χ0v) is 19.9. The van der Waals surface area contributed by atoms with E-state index >= 15 is 0 Å². The van der Waals surface area contributed by atoms with E-state index in [1.165, 1.54) is 5.56 Å². The highest BCUT2D eigenvalue weighted by Gasteiger charge is 2.23. The number of rotatable bonds is 7. The van der Waals surface area contributed by atoms with Crippen molar-refractivity contribution in [1.29, 1.82) is 0 Å². The first-order valence-corrected chi connectivity index (χ1v) is 12.2. The van der Waals surface area contributed by atoms with Crippen molar-refractivity contribution < 1.29 is 14.3 Å². The molecule has 4 aromatic rings. The van der Waals surface area contributed by atoms with Gasteiger partial charge in [-0.3, -0.25) is 9.59 Å². The van der Waals surface area contributed by atoms with Gasteiger partial charge in [-0.25, -0.2) is 0 Å². The van der Waals surface area contributed by atoms with Crippen LogP contribution in [0.25, 0.3) is 0 Å². The van der Waals surface area contributed by atoms with Gasteiger partial charge in [0.1, 0.15) is 6.10 Å². The van der Waals surface area contributed by atoms with Crippen molar-refractivity contribution in [2.45, 2.75) is 18.4 Å². The molecule has 0 unspecified atom stereocenters. The standard InChI is InChI=1S/C31H28N2O3/c34-30(32-21-28-27-14-8-7-9-22(27)19-20-36-28)25-15-17-26(18-16-25)33-31(35)29(23-10-3-1-4-11-23)24-12-5-2-6-13-24/h1-18,28-29H,19-21H2,(H,32,34)(H,33,35)/t28-/m1/s1. The van der Waals surface area contributed by atoms with Crippen LogP contribution in [0.15, 0.2) is 109 Å². The number of carbonyl (C=O) groups is 2. The van der Waals surface area contributed by atoms with Gasteiger partial charge in [0.2, 0.25) is 5.91 Å². The summed E-state index contributed by atoms with van der Waals surface area (Å²) in [5, 5.41) is 5.99. The number of benzene rings is 4. The Morgan fingerprint density at radius 1 is 0.778 bits per heavy atom. The predicted octanol–water partition coefficient (Wildman–Crippen LogP) is 5.50. The fourth-order valence-corrected chi connectivity index (χ4v) is 4.64. The zero-order chi connectivity index (χ0) is 24.7. The number of hydrogen-bond acceptors (Lipinski definition) is 3. The first-order valence-electron chi connectivity index (χ1n) is 12.2. The zero-order valence-electron chi connectivity index (χ0n) is 19.9. The molecule has 4 aromatic carbocycles. The van der Waals surface area contributed by atoms with Crippen molar-refractivity contribution in [2.24, 2.45) is 0 Å². The van der Waals surface area contributed by atoms with Crippen molar-refractivity contribution in [3.63, 3.8) is 0 Å². The average molecular weight is 477 g/mol. The number of nitrogens with one attached hydrogen (secondary N) is 2. The molecule has 0 bridgehead atoms. The second kappa shape index (κ2) is 11.0. The normalized spacial score (nSPS) is 14.6. The van der Waals surface area contributed by atoms with Gasteiger partial charge in [0.05, 0.1) is 12.5 Å². The molecule has 0 aliphatic carbocycles. The van der Waals surface area contributed by atoms with E-state index in [1.807, 2.05) is 72.8 Å². The van der Waals surface area contributed by atoms with Crippen LogP contribution >= 0.6 is 0 Å². The number of anilines is 1. The van der Waals surface area contributed by atoms with Gasteiger partial charge >= 0.3 is 0 Å². The molecule has 0 saturated heterocycles. The second-order valence-corrected chi connectivity index (χ2v) is 8.84. The summed E-state index contributed by atoms with van der Waals surface area (Å²) in [6.07, 6.45) is 0.744. The Balaban J connectivity index is 1.24. The molecule has 5 heteroatoms. The lowest BCUT2D eigenvalue weighted by atomic mass is 9.90. The molecule has 2 N–H and O–H groups in total. The highest BCUT2D eigenvalue weighted by molar-refractivity contribution is 5.99. The molecule has 0 fully saturated rings. The molecular weight excluding hydrogens is 448 g/mol. The molecule has 1 atom stereocenters. The Bertz CT molecular complexity index is 1280. The van der Waals surface area contributed by atoms with E-state index in [1.54, 1.807) is 24.3 Å². The summed E-state index contributed by atoms with van der Waals surface area (Å²) >= 11 is 0. The lowest BCUT2D eigenvalue weighted by Crippen LogP contribution is -2.31. The molecule has 1 aliphatic rings. The minimum atomic E-state index is -0.436. The summed E-state index contributed by atoms with van der Waals surface area (Å²) in [6.45, 7) is 1.06. The molecule has 5 nitrogen and oxygen atoms in total. The number of carbonyl (C=O) groups excluding carboxylic acids is 2. The number of ether oxygens (including phenoxy) is 1. The van der Waals surface area contributed by atoms with Crippen LogP contribution < -0.4 is 10.6 Å². The van der Waals surface area contributed by atoms with Crippen molar-refractivity contribution >= 4 is 17.5 Å². The van der Waals surface area contributed by atoms with Crippen LogP contribution in [0.3, 0.4) is 0 Å². The number of amides is 2. The molecule has 0 spiro atoms. The van der Waals surface area contributed by atoms with E-state index in [-0.39, 0.29) is 17.9 Å². The van der Waals surface area contributed by atoms with Gasteiger partial charge in [0.25, 0.3) is 5.91 Å². The molecule has 36 heavy (non-hydrogen) atoms. The maximum atomic E-state index is 13.3. The fourth-order valence-electron chi connectivity index (χ4n) is 4.64. The van der Waals surface area contributed by atoms with Crippen LogP contribution in [0.1, 0.15) is 44.6 Å². The van der Waals surface area contributed by atoms with Crippen LogP contribution in [-0.4, -0.2) is 25.0 Å². The van der Waals surface area contributed by atoms with Crippen LogP contribution in [0, 0.1) is 0 Å². The van der Waals surface area contributed by atoms with Crippen LogP contribution in [0.5, 0.6) is 0 Å². The third-order valence-corrected chi connectivity index (χ3v) is 6.48. The third-order valence-electron chi connectivity index (χ3n) is 6.48. The lowest BCUT2D eigenvalue weighted by molar-refractivity contribution is -0.116. The van der Waals surface area contributed by atoms with Gasteiger partial charge in [0, 0.05) is 17.8 Å². The Labute approximate surface area is 211 Å². The molecule has 1 aliphatic heterocycles. The van der Waals surface area contributed by atoms with Gasteiger partial charge in [-0.05, 0) is 52.9 Å². The molecular formula is C31H28N2O3. The largest absolute Gasteiger partial charge is 0.371 e. The molecule has 0 saturated carbocycles. The highest BCUT2D eigenvalue weighted by Crippen LogP contribution is 2.27.